The Hall–Kier alpha value is -1.20. The normalized spacial score (nSPS) is 16.0. The zero-order chi connectivity index (χ0) is 15.3. The number of aliphatic hydroxyl groups is 1. The van der Waals surface area contributed by atoms with Crippen molar-refractivity contribution < 1.29 is 18.6 Å². The van der Waals surface area contributed by atoms with Gasteiger partial charge in [0.15, 0.2) is 11.6 Å². The summed E-state index contributed by atoms with van der Waals surface area (Å²) in [5.74, 6) is -1.55. The SMILES string of the molecule is CC(C)NC(C)(CO)CC(C)Oc1ccc(F)c(F)c1. The summed E-state index contributed by atoms with van der Waals surface area (Å²) in [6.45, 7) is 7.69. The second kappa shape index (κ2) is 6.99. The molecule has 0 aliphatic carbocycles. The Labute approximate surface area is 119 Å². The van der Waals surface area contributed by atoms with Crippen molar-refractivity contribution in [2.45, 2.75) is 51.8 Å². The standard InChI is InChI=1S/C15H23F2NO2/c1-10(2)18-15(4,9-19)8-11(3)20-12-5-6-13(16)14(17)7-12/h5-7,10-11,18-19H,8-9H2,1-4H3. The minimum Gasteiger partial charge on any atom is -0.491 e. The first-order valence-electron chi connectivity index (χ1n) is 6.76. The van der Waals surface area contributed by atoms with Gasteiger partial charge in [-0.1, -0.05) is 13.8 Å². The van der Waals surface area contributed by atoms with E-state index in [9.17, 15) is 13.9 Å². The van der Waals surface area contributed by atoms with Crippen LogP contribution in [0, 0.1) is 11.6 Å². The third-order valence-corrected chi connectivity index (χ3v) is 2.95. The number of rotatable bonds is 7. The molecule has 0 bridgehead atoms. The average Bonchev–Trinajstić information content (AvgIpc) is 2.32. The highest BCUT2D eigenvalue weighted by Gasteiger charge is 2.27. The molecule has 2 unspecified atom stereocenters. The molecule has 20 heavy (non-hydrogen) atoms. The van der Waals surface area contributed by atoms with Gasteiger partial charge in [-0.05, 0) is 26.0 Å². The molecule has 0 aliphatic heterocycles. The molecular weight excluding hydrogens is 264 g/mol. The van der Waals surface area contributed by atoms with Gasteiger partial charge in [-0.2, -0.15) is 0 Å². The van der Waals surface area contributed by atoms with E-state index in [0.717, 1.165) is 12.1 Å². The highest BCUT2D eigenvalue weighted by Crippen LogP contribution is 2.20. The molecule has 2 N–H and O–H groups in total. The van der Waals surface area contributed by atoms with Gasteiger partial charge in [-0.15, -0.1) is 0 Å². The Morgan fingerprint density at radius 2 is 1.90 bits per heavy atom. The molecular formula is C15H23F2NO2. The Kier molecular flexibility index (Phi) is 5.89. The molecule has 0 heterocycles. The van der Waals surface area contributed by atoms with Crippen LogP contribution in [0.1, 0.15) is 34.1 Å². The first-order valence-corrected chi connectivity index (χ1v) is 6.76. The van der Waals surface area contributed by atoms with Gasteiger partial charge in [0.2, 0.25) is 0 Å². The summed E-state index contributed by atoms with van der Waals surface area (Å²) in [5, 5.41) is 12.8. The zero-order valence-corrected chi connectivity index (χ0v) is 12.4. The summed E-state index contributed by atoms with van der Waals surface area (Å²) < 4.78 is 31.5. The van der Waals surface area contributed by atoms with Crippen LogP contribution in [-0.2, 0) is 0 Å². The van der Waals surface area contributed by atoms with Crippen molar-refractivity contribution in [1.29, 1.82) is 0 Å². The molecule has 1 aromatic rings. The summed E-state index contributed by atoms with van der Waals surface area (Å²) in [6, 6.07) is 3.68. The maximum absolute atomic E-state index is 13.1. The van der Waals surface area contributed by atoms with Crippen LogP contribution in [0.4, 0.5) is 8.78 Å². The number of nitrogens with one attached hydrogen (secondary N) is 1. The largest absolute Gasteiger partial charge is 0.491 e. The summed E-state index contributed by atoms with van der Waals surface area (Å²) in [6.07, 6.45) is 0.295. The van der Waals surface area contributed by atoms with Crippen LogP contribution in [0.3, 0.4) is 0 Å². The number of benzene rings is 1. The molecule has 0 saturated heterocycles. The second-order valence-electron chi connectivity index (χ2n) is 5.73. The van der Waals surface area contributed by atoms with Crippen molar-refractivity contribution in [2.75, 3.05) is 6.61 Å². The van der Waals surface area contributed by atoms with E-state index in [0.29, 0.717) is 6.42 Å². The Morgan fingerprint density at radius 1 is 1.25 bits per heavy atom. The first kappa shape index (κ1) is 16.9. The van der Waals surface area contributed by atoms with E-state index in [4.69, 9.17) is 4.74 Å². The van der Waals surface area contributed by atoms with Gasteiger partial charge in [-0.25, -0.2) is 8.78 Å². The van der Waals surface area contributed by atoms with E-state index in [-0.39, 0.29) is 24.5 Å². The molecule has 0 fully saturated rings. The van der Waals surface area contributed by atoms with Crippen molar-refractivity contribution in [3.8, 4) is 5.75 Å². The molecule has 0 aromatic heterocycles. The zero-order valence-electron chi connectivity index (χ0n) is 12.4. The predicted octanol–water partition coefficient (Wildman–Crippen LogP) is 2.87. The molecule has 1 rings (SSSR count). The van der Waals surface area contributed by atoms with E-state index < -0.39 is 17.2 Å². The van der Waals surface area contributed by atoms with Gasteiger partial charge < -0.3 is 15.2 Å². The van der Waals surface area contributed by atoms with E-state index in [2.05, 4.69) is 5.32 Å². The molecule has 5 heteroatoms. The number of aliphatic hydroxyl groups excluding tert-OH is 1. The summed E-state index contributed by atoms with van der Waals surface area (Å²) in [4.78, 5) is 0. The minimum atomic E-state index is -0.931. The van der Waals surface area contributed by atoms with Crippen LogP contribution < -0.4 is 10.1 Å². The van der Waals surface area contributed by atoms with E-state index in [1.165, 1.54) is 6.07 Å². The monoisotopic (exact) mass is 287 g/mol. The maximum atomic E-state index is 13.1. The molecule has 0 aliphatic rings. The molecule has 0 saturated carbocycles. The van der Waals surface area contributed by atoms with Gasteiger partial charge in [0.05, 0.1) is 12.7 Å². The molecule has 0 amide bonds. The third-order valence-electron chi connectivity index (χ3n) is 2.95. The Morgan fingerprint density at radius 3 is 2.40 bits per heavy atom. The van der Waals surface area contributed by atoms with Crippen LogP contribution in [-0.4, -0.2) is 29.4 Å². The maximum Gasteiger partial charge on any atom is 0.162 e. The van der Waals surface area contributed by atoms with Crippen LogP contribution >= 0.6 is 0 Å². The third kappa shape index (κ3) is 5.06. The fourth-order valence-corrected chi connectivity index (χ4v) is 2.32. The number of hydrogen-bond acceptors (Lipinski definition) is 3. The summed E-state index contributed by atoms with van der Waals surface area (Å²) in [7, 11) is 0. The van der Waals surface area contributed by atoms with E-state index >= 15 is 0 Å². The predicted molar refractivity (Wildman–Crippen MR) is 74.8 cm³/mol. The van der Waals surface area contributed by atoms with Crippen molar-refractivity contribution >= 4 is 0 Å². The topological polar surface area (TPSA) is 41.5 Å². The van der Waals surface area contributed by atoms with Crippen LogP contribution in [0.2, 0.25) is 0 Å². The molecule has 114 valence electrons. The number of halogens is 2. The van der Waals surface area contributed by atoms with Crippen molar-refractivity contribution in [3.63, 3.8) is 0 Å². The van der Waals surface area contributed by atoms with Crippen molar-refractivity contribution in [1.82, 2.24) is 5.32 Å². The second-order valence-corrected chi connectivity index (χ2v) is 5.73. The van der Waals surface area contributed by atoms with Crippen LogP contribution in [0.5, 0.6) is 5.75 Å². The smallest absolute Gasteiger partial charge is 0.162 e. The lowest BCUT2D eigenvalue weighted by molar-refractivity contribution is 0.104. The van der Waals surface area contributed by atoms with Crippen molar-refractivity contribution in [3.05, 3.63) is 29.8 Å². The molecule has 2 atom stereocenters. The van der Waals surface area contributed by atoms with Gasteiger partial charge >= 0.3 is 0 Å². The van der Waals surface area contributed by atoms with Crippen LogP contribution in [0.25, 0.3) is 0 Å². The Bertz CT molecular complexity index is 440. The summed E-state index contributed by atoms with van der Waals surface area (Å²) >= 11 is 0. The highest BCUT2D eigenvalue weighted by atomic mass is 19.2. The molecule has 3 nitrogen and oxygen atoms in total. The van der Waals surface area contributed by atoms with Gasteiger partial charge in [0.1, 0.15) is 5.75 Å². The van der Waals surface area contributed by atoms with E-state index in [1.54, 1.807) is 0 Å². The van der Waals surface area contributed by atoms with Gasteiger partial charge in [0.25, 0.3) is 0 Å². The first-order chi connectivity index (χ1) is 9.25. The average molecular weight is 287 g/mol. The molecule has 1 aromatic carbocycles. The molecule has 0 spiro atoms. The minimum absolute atomic E-state index is 0.0311. The lowest BCUT2D eigenvalue weighted by Gasteiger charge is -2.33. The lowest BCUT2D eigenvalue weighted by Crippen LogP contribution is -2.51. The molecule has 0 radical (unpaired) electrons. The van der Waals surface area contributed by atoms with Gasteiger partial charge in [0, 0.05) is 24.1 Å². The van der Waals surface area contributed by atoms with Gasteiger partial charge in [-0.3, -0.25) is 0 Å². The van der Waals surface area contributed by atoms with Crippen molar-refractivity contribution in [2.24, 2.45) is 0 Å². The fourth-order valence-electron chi connectivity index (χ4n) is 2.32. The summed E-state index contributed by atoms with van der Waals surface area (Å²) in [5.41, 5.74) is -0.480. The Balaban J connectivity index is 2.65. The number of hydrogen-bond donors (Lipinski definition) is 2. The van der Waals surface area contributed by atoms with E-state index in [1.807, 2.05) is 27.7 Å². The lowest BCUT2D eigenvalue weighted by atomic mass is 9.94. The van der Waals surface area contributed by atoms with Crippen LogP contribution in [0.15, 0.2) is 18.2 Å². The number of ether oxygens (including phenoxy) is 1. The fraction of sp³-hybridized carbons (Fsp3) is 0.600. The quantitative estimate of drug-likeness (QED) is 0.810. The highest BCUT2D eigenvalue weighted by molar-refractivity contribution is 5.23.